The summed E-state index contributed by atoms with van der Waals surface area (Å²) in [4.78, 5) is 24.4. The van der Waals surface area contributed by atoms with Gasteiger partial charge in [-0.2, -0.15) is 0 Å². The first-order valence-corrected chi connectivity index (χ1v) is 11.9. The predicted molar refractivity (Wildman–Crippen MR) is 121 cm³/mol. The number of methoxy groups -OCH3 is 1. The van der Waals surface area contributed by atoms with Crippen molar-refractivity contribution in [3.8, 4) is 5.75 Å². The van der Waals surface area contributed by atoms with Crippen LogP contribution in [0.15, 0.2) is 29.6 Å². The molecule has 6 nitrogen and oxygen atoms in total. The zero-order valence-corrected chi connectivity index (χ0v) is 18.7. The van der Waals surface area contributed by atoms with Gasteiger partial charge in [-0.1, -0.05) is 18.6 Å². The highest BCUT2D eigenvalue weighted by molar-refractivity contribution is 7.13. The SMILES string of the molecule is COc1cccc(CCC(=O)N2CCN(c3nc(CN4CCCCC4)cs3)CC2)c1. The van der Waals surface area contributed by atoms with E-state index in [1.807, 2.05) is 23.1 Å². The van der Waals surface area contributed by atoms with Crippen LogP contribution in [0.1, 0.15) is 36.9 Å². The fraction of sp³-hybridized carbons (Fsp3) is 0.565. The van der Waals surface area contributed by atoms with E-state index in [0.717, 1.165) is 55.6 Å². The number of piperidine rings is 1. The van der Waals surface area contributed by atoms with Gasteiger partial charge in [0.05, 0.1) is 12.8 Å². The van der Waals surface area contributed by atoms with Crippen molar-refractivity contribution in [2.24, 2.45) is 0 Å². The molecule has 2 saturated heterocycles. The number of anilines is 1. The van der Waals surface area contributed by atoms with E-state index in [1.54, 1.807) is 18.4 Å². The van der Waals surface area contributed by atoms with Gasteiger partial charge in [-0.25, -0.2) is 4.98 Å². The molecule has 0 radical (unpaired) electrons. The van der Waals surface area contributed by atoms with E-state index in [1.165, 1.54) is 38.0 Å². The molecule has 2 aliphatic rings. The summed E-state index contributed by atoms with van der Waals surface area (Å²) in [5, 5.41) is 3.31. The Morgan fingerprint density at radius 3 is 2.67 bits per heavy atom. The number of amides is 1. The maximum Gasteiger partial charge on any atom is 0.223 e. The Hall–Kier alpha value is -2.12. The molecular weight excluding hydrogens is 396 g/mol. The van der Waals surface area contributed by atoms with Crippen molar-refractivity contribution in [2.75, 3.05) is 51.3 Å². The number of carbonyl (C=O) groups is 1. The van der Waals surface area contributed by atoms with Gasteiger partial charge in [0.2, 0.25) is 5.91 Å². The number of ether oxygens (including phenoxy) is 1. The fourth-order valence-corrected chi connectivity index (χ4v) is 5.12. The second-order valence-corrected chi connectivity index (χ2v) is 9.01. The highest BCUT2D eigenvalue weighted by atomic mass is 32.1. The highest BCUT2D eigenvalue weighted by Crippen LogP contribution is 2.24. The number of benzene rings is 1. The van der Waals surface area contributed by atoms with Crippen LogP contribution in [0.5, 0.6) is 5.75 Å². The smallest absolute Gasteiger partial charge is 0.223 e. The Balaban J connectivity index is 1.23. The molecule has 0 aliphatic carbocycles. The van der Waals surface area contributed by atoms with E-state index in [9.17, 15) is 4.79 Å². The quantitative estimate of drug-likeness (QED) is 0.676. The summed E-state index contributed by atoms with van der Waals surface area (Å²) in [6, 6.07) is 7.97. The topological polar surface area (TPSA) is 48.9 Å². The molecule has 0 bridgehead atoms. The number of thiazole rings is 1. The maximum atomic E-state index is 12.7. The van der Waals surface area contributed by atoms with Crippen LogP contribution < -0.4 is 9.64 Å². The van der Waals surface area contributed by atoms with Crippen molar-refractivity contribution in [1.29, 1.82) is 0 Å². The van der Waals surface area contributed by atoms with Crippen molar-refractivity contribution >= 4 is 22.4 Å². The molecule has 7 heteroatoms. The Kier molecular flexibility index (Phi) is 7.23. The van der Waals surface area contributed by atoms with Crippen LogP contribution in [0.25, 0.3) is 0 Å². The van der Waals surface area contributed by atoms with Crippen LogP contribution in [-0.4, -0.2) is 67.1 Å². The lowest BCUT2D eigenvalue weighted by Crippen LogP contribution is -2.48. The first-order chi connectivity index (χ1) is 14.7. The van der Waals surface area contributed by atoms with Crippen molar-refractivity contribution in [3.63, 3.8) is 0 Å². The van der Waals surface area contributed by atoms with Gasteiger partial charge in [-0.15, -0.1) is 11.3 Å². The first-order valence-electron chi connectivity index (χ1n) is 11.0. The van der Waals surface area contributed by atoms with E-state index in [4.69, 9.17) is 9.72 Å². The molecule has 1 amide bonds. The summed E-state index contributed by atoms with van der Waals surface area (Å²) in [6.07, 6.45) is 5.28. The van der Waals surface area contributed by atoms with Crippen molar-refractivity contribution < 1.29 is 9.53 Å². The number of piperazine rings is 1. The lowest BCUT2D eigenvalue weighted by Gasteiger charge is -2.34. The van der Waals surface area contributed by atoms with Crippen LogP contribution >= 0.6 is 11.3 Å². The Labute approximate surface area is 183 Å². The molecule has 162 valence electrons. The number of aryl methyl sites for hydroxylation is 1. The molecule has 1 aromatic heterocycles. The summed E-state index contributed by atoms with van der Waals surface area (Å²) in [5.41, 5.74) is 2.33. The molecule has 1 aromatic carbocycles. The number of rotatable bonds is 7. The molecule has 3 heterocycles. The van der Waals surface area contributed by atoms with Crippen LogP contribution in [0.3, 0.4) is 0 Å². The number of hydrogen-bond acceptors (Lipinski definition) is 6. The standard InChI is InChI=1S/C23H32N4O2S/c1-29-21-7-5-6-19(16-21)8-9-22(28)26-12-14-27(15-13-26)23-24-20(18-30-23)17-25-10-3-2-4-11-25/h5-7,16,18H,2-4,8-15,17H2,1H3. The molecule has 0 spiro atoms. The third-order valence-electron chi connectivity index (χ3n) is 6.04. The predicted octanol–water partition coefficient (Wildman–Crippen LogP) is 3.42. The molecule has 2 aromatic rings. The number of likely N-dealkylation sites (tertiary alicyclic amines) is 1. The van der Waals surface area contributed by atoms with Crippen molar-refractivity contribution in [1.82, 2.24) is 14.8 Å². The average Bonchev–Trinajstić information content (AvgIpc) is 3.27. The zero-order valence-electron chi connectivity index (χ0n) is 17.9. The van der Waals surface area contributed by atoms with E-state index >= 15 is 0 Å². The minimum atomic E-state index is 0.238. The monoisotopic (exact) mass is 428 g/mol. The van der Waals surface area contributed by atoms with Gasteiger partial charge < -0.3 is 14.5 Å². The molecule has 0 N–H and O–H groups in total. The summed E-state index contributed by atoms with van der Waals surface area (Å²) < 4.78 is 5.27. The minimum absolute atomic E-state index is 0.238. The third-order valence-corrected chi connectivity index (χ3v) is 6.99. The number of carbonyl (C=O) groups excluding carboxylic acids is 1. The second-order valence-electron chi connectivity index (χ2n) is 8.18. The lowest BCUT2D eigenvalue weighted by atomic mass is 10.1. The Morgan fingerprint density at radius 1 is 1.10 bits per heavy atom. The fourth-order valence-electron chi connectivity index (χ4n) is 4.25. The summed E-state index contributed by atoms with van der Waals surface area (Å²) >= 11 is 1.74. The maximum absolute atomic E-state index is 12.7. The van der Waals surface area contributed by atoms with E-state index in [2.05, 4.69) is 21.2 Å². The number of aromatic nitrogens is 1. The molecule has 0 saturated carbocycles. The van der Waals surface area contributed by atoms with Gasteiger partial charge in [-0.3, -0.25) is 9.69 Å². The normalized spacial score (nSPS) is 17.9. The van der Waals surface area contributed by atoms with Crippen LogP contribution in [0.2, 0.25) is 0 Å². The van der Waals surface area contributed by atoms with Gasteiger partial charge in [0.25, 0.3) is 0 Å². The molecular formula is C23H32N4O2S. The Morgan fingerprint density at radius 2 is 1.90 bits per heavy atom. The largest absolute Gasteiger partial charge is 0.497 e. The Bertz CT molecular complexity index is 826. The van der Waals surface area contributed by atoms with Crippen LogP contribution in [0.4, 0.5) is 5.13 Å². The first kappa shape index (κ1) is 21.1. The molecule has 0 unspecified atom stereocenters. The van der Waals surface area contributed by atoms with Crippen LogP contribution in [0, 0.1) is 0 Å². The average molecular weight is 429 g/mol. The molecule has 0 atom stereocenters. The van der Waals surface area contributed by atoms with E-state index in [0.29, 0.717) is 6.42 Å². The summed E-state index contributed by atoms with van der Waals surface area (Å²) in [5.74, 6) is 1.08. The zero-order chi connectivity index (χ0) is 20.8. The molecule has 2 fully saturated rings. The lowest BCUT2D eigenvalue weighted by molar-refractivity contribution is -0.131. The van der Waals surface area contributed by atoms with E-state index in [-0.39, 0.29) is 5.91 Å². The van der Waals surface area contributed by atoms with E-state index < -0.39 is 0 Å². The highest BCUT2D eigenvalue weighted by Gasteiger charge is 2.23. The molecule has 2 aliphatic heterocycles. The molecule has 30 heavy (non-hydrogen) atoms. The van der Waals surface area contributed by atoms with Gasteiger partial charge in [0.1, 0.15) is 5.75 Å². The van der Waals surface area contributed by atoms with Gasteiger partial charge in [0, 0.05) is 44.5 Å². The summed E-state index contributed by atoms with van der Waals surface area (Å²) in [6.45, 7) is 6.64. The summed E-state index contributed by atoms with van der Waals surface area (Å²) in [7, 11) is 1.67. The van der Waals surface area contributed by atoms with Crippen molar-refractivity contribution in [3.05, 3.63) is 40.9 Å². The van der Waals surface area contributed by atoms with Gasteiger partial charge >= 0.3 is 0 Å². The number of nitrogens with zero attached hydrogens (tertiary/aromatic N) is 4. The van der Waals surface area contributed by atoms with Crippen molar-refractivity contribution in [2.45, 2.75) is 38.6 Å². The second kappa shape index (κ2) is 10.3. The minimum Gasteiger partial charge on any atom is -0.497 e. The molecule has 4 rings (SSSR count). The third kappa shape index (κ3) is 5.52. The van der Waals surface area contributed by atoms with Gasteiger partial charge in [-0.05, 0) is 50.0 Å². The van der Waals surface area contributed by atoms with Crippen LogP contribution in [-0.2, 0) is 17.8 Å². The van der Waals surface area contributed by atoms with Gasteiger partial charge in [0.15, 0.2) is 5.13 Å². The number of hydrogen-bond donors (Lipinski definition) is 0.